The summed E-state index contributed by atoms with van der Waals surface area (Å²) in [6.07, 6.45) is 4.94. The Morgan fingerprint density at radius 2 is 1.86 bits per heavy atom. The largest absolute Gasteiger partial charge is 0.469 e. The molecule has 0 aromatic heterocycles. The fourth-order valence-electron chi connectivity index (χ4n) is 4.49. The minimum Gasteiger partial charge on any atom is -0.469 e. The number of methoxy groups -OCH3 is 1. The maximum atomic E-state index is 13.2. The van der Waals surface area contributed by atoms with Crippen LogP contribution in [0.5, 0.6) is 0 Å². The predicted molar refractivity (Wildman–Crippen MR) is 86.2 cm³/mol. The second kappa shape index (κ2) is 7.01. The molecule has 2 bridgehead atoms. The molecule has 22 heavy (non-hydrogen) atoms. The molecule has 1 saturated carbocycles. The van der Waals surface area contributed by atoms with Crippen molar-refractivity contribution in [2.45, 2.75) is 71.9 Å². The van der Waals surface area contributed by atoms with Crippen LogP contribution < -0.4 is 0 Å². The van der Waals surface area contributed by atoms with Gasteiger partial charge in [-0.1, -0.05) is 34.1 Å². The van der Waals surface area contributed by atoms with Gasteiger partial charge in [0.1, 0.15) is 0 Å². The number of rotatable bonds is 5. The van der Waals surface area contributed by atoms with Crippen molar-refractivity contribution in [3.63, 3.8) is 0 Å². The Morgan fingerprint density at radius 1 is 1.18 bits per heavy atom. The molecule has 4 heteroatoms. The quantitative estimate of drug-likeness (QED) is 0.732. The van der Waals surface area contributed by atoms with Gasteiger partial charge in [0.15, 0.2) is 0 Å². The van der Waals surface area contributed by atoms with Gasteiger partial charge in [0.2, 0.25) is 5.91 Å². The van der Waals surface area contributed by atoms with Crippen LogP contribution in [0.3, 0.4) is 0 Å². The van der Waals surface area contributed by atoms with E-state index in [9.17, 15) is 9.59 Å². The van der Waals surface area contributed by atoms with Gasteiger partial charge >= 0.3 is 5.97 Å². The maximum absolute atomic E-state index is 13.2. The number of ether oxygens (including phenoxy) is 1. The number of carbonyl (C=O) groups is 2. The molecule has 2 aliphatic rings. The first kappa shape index (κ1) is 17.3. The van der Waals surface area contributed by atoms with Gasteiger partial charge in [0.05, 0.1) is 19.4 Å². The fraction of sp³-hybridized carbons (Fsp3) is 0.889. The summed E-state index contributed by atoms with van der Waals surface area (Å²) in [4.78, 5) is 27.1. The maximum Gasteiger partial charge on any atom is 0.306 e. The third-order valence-corrected chi connectivity index (χ3v) is 5.56. The van der Waals surface area contributed by atoms with Crippen molar-refractivity contribution in [3.8, 4) is 0 Å². The number of likely N-dealkylation sites (tertiary alicyclic amines) is 1. The van der Waals surface area contributed by atoms with E-state index < -0.39 is 0 Å². The Bertz CT molecular complexity index is 419. The van der Waals surface area contributed by atoms with Gasteiger partial charge in [0, 0.05) is 12.1 Å². The molecular formula is C18H31NO3. The molecule has 1 heterocycles. The van der Waals surface area contributed by atoms with Crippen molar-refractivity contribution in [2.24, 2.45) is 23.7 Å². The van der Waals surface area contributed by atoms with Crippen LogP contribution in [0.2, 0.25) is 0 Å². The Balaban J connectivity index is 2.22. The van der Waals surface area contributed by atoms with Gasteiger partial charge in [-0.15, -0.1) is 0 Å². The summed E-state index contributed by atoms with van der Waals surface area (Å²) >= 11 is 0. The Hall–Kier alpha value is -1.06. The first-order chi connectivity index (χ1) is 10.4. The number of fused-ring (bicyclic) bond motifs is 2. The van der Waals surface area contributed by atoms with Crippen LogP contribution in [0, 0.1) is 23.7 Å². The summed E-state index contributed by atoms with van der Waals surface area (Å²) in [6.45, 7) is 8.49. The second-order valence-electron chi connectivity index (χ2n) is 7.69. The van der Waals surface area contributed by atoms with E-state index in [1.807, 2.05) is 13.8 Å². The third-order valence-electron chi connectivity index (χ3n) is 5.56. The van der Waals surface area contributed by atoms with Crippen molar-refractivity contribution in [3.05, 3.63) is 0 Å². The summed E-state index contributed by atoms with van der Waals surface area (Å²) < 4.78 is 4.79. The second-order valence-corrected chi connectivity index (χ2v) is 7.69. The molecule has 4 atom stereocenters. The molecule has 0 aromatic carbocycles. The minimum atomic E-state index is -0.282. The van der Waals surface area contributed by atoms with E-state index in [1.165, 1.54) is 20.0 Å². The number of nitrogens with zero attached hydrogens (tertiary/aromatic N) is 1. The van der Waals surface area contributed by atoms with E-state index >= 15 is 0 Å². The van der Waals surface area contributed by atoms with E-state index in [-0.39, 0.29) is 30.1 Å². The van der Waals surface area contributed by atoms with E-state index in [0.717, 1.165) is 12.8 Å². The van der Waals surface area contributed by atoms with E-state index in [1.54, 1.807) is 0 Å². The van der Waals surface area contributed by atoms with E-state index in [2.05, 4.69) is 18.7 Å². The molecule has 3 unspecified atom stereocenters. The lowest BCUT2D eigenvalue weighted by atomic mass is 9.83. The lowest BCUT2D eigenvalue weighted by Crippen LogP contribution is -2.48. The SMILES string of the molecule is COC(=O)C[C@H](C(=O)N1C2CCCC(C2)C1C(C)C)C(C)C. The summed E-state index contributed by atoms with van der Waals surface area (Å²) in [7, 11) is 1.39. The molecular weight excluding hydrogens is 278 g/mol. The molecule has 126 valence electrons. The molecule has 0 radical (unpaired) electrons. The van der Waals surface area contributed by atoms with Gasteiger partial charge in [-0.25, -0.2) is 0 Å². The van der Waals surface area contributed by atoms with Crippen molar-refractivity contribution < 1.29 is 14.3 Å². The zero-order valence-electron chi connectivity index (χ0n) is 14.7. The van der Waals surface area contributed by atoms with Gasteiger partial charge in [-0.2, -0.15) is 0 Å². The summed E-state index contributed by atoms with van der Waals surface area (Å²) in [5.74, 6) is 0.911. The van der Waals surface area contributed by atoms with Crippen LogP contribution >= 0.6 is 0 Å². The van der Waals surface area contributed by atoms with Crippen LogP contribution in [0.1, 0.15) is 59.8 Å². The number of hydrogen-bond acceptors (Lipinski definition) is 3. The molecule has 1 amide bonds. The molecule has 0 N–H and O–H groups in total. The van der Waals surface area contributed by atoms with Crippen molar-refractivity contribution in [1.82, 2.24) is 4.90 Å². The van der Waals surface area contributed by atoms with E-state index in [4.69, 9.17) is 4.74 Å². The van der Waals surface area contributed by atoms with Crippen molar-refractivity contribution in [1.29, 1.82) is 0 Å². The predicted octanol–water partition coefficient (Wildman–Crippen LogP) is 3.25. The van der Waals surface area contributed by atoms with E-state index in [0.29, 0.717) is 23.9 Å². The summed E-state index contributed by atoms with van der Waals surface area (Å²) in [5, 5.41) is 0. The number of carbonyl (C=O) groups excluding carboxylic acids is 2. The molecule has 1 aliphatic heterocycles. The molecule has 2 rings (SSSR count). The normalized spacial score (nSPS) is 29.0. The highest BCUT2D eigenvalue weighted by molar-refractivity contribution is 5.84. The Morgan fingerprint density at radius 3 is 2.41 bits per heavy atom. The van der Waals surface area contributed by atoms with Crippen LogP contribution in [-0.2, 0) is 14.3 Å². The molecule has 4 nitrogen and oxygen atoms in total. The van der Waals surface area contributed by atoms with Gasteiger partial charge in [-0.3, -0.25) is 9.59 Å². The minimum absolute atomic E-state index is 0.153. The third kappa shape index (κ3) is 3.31. The average Bonchev–Trinajstić information content (AvgIpc) is 2.73. The highest BCUT2D eigenvalue weighted by atomic mass is 16.5. The monoisotopic (exact) mass is 309 g/mol. The van der Waals surface area contributed by atoms with Gasteiger partial charge in [0.25, 0.3) is 0 Å². The van der Waals surface area contributed by atoms with Crippen LogP contribution in [0.15, 0.2) is 0 Å². The van der Waals surface area contributed by atoms with Crippen molar-refractivity contribution in [2.75, 3.05) is 7.11 Å². The Labute approximate surface area is 134 Å². The fourth-order valence-corrected chi connectivity index (χ4v) is 4.49. The first-order valence-electron chi connectivity index (χ1n) is 8.75. The topological polar surface area (TPSA) is 46.6 Å². The first-order valence-corrected chi connectivity index (χ1v) is 8.75. The van der Waals surface area contributed by atoms with Crippen LogP contribution in [0.4, 0.5) is 0 Å². The smallest absolute Gasteiger partial charge is 0.306 e. The van der Waals surface area contributed by atoms with Gasteiger partial charge in [-0.05, 0) is 37.0 Å². The lowest BCUT2D eigenvalue weighted by molar-refractivity contribution is -0.150. The number of esters is 1. The lowest BCUT2D eigenvalue weighted by Gasteiger charge is -2.36. The summed E-state index contributed by atoms with van der Waals surface area (Å²) in [6, 6.07) is 0.733. The molecule has 1 saturated heterocycles. The van der Waals surface area contributed by atoms with Crippen LogP contribution in [0.25, 0.3) is 0 Å². The highest BCUT2D eigenvalue weighted by Gasteiger charge is 2.48. The number of hydrogen-bond donors (Lipinski definition) is 0. The highest BCUT2D eigenvalue weighted by Crippen LogP contribution is 2.44. The number of amides is 1. The summed E-state index contributed by atoms with van der Waals surface area (Å²) in [5.41, 5.74) is 0. The zero-order chi connectivity index (χ0) is 16.4. The molecule has 0 aromatic rings. The average molecular weight is 309 g/mol. The molecule has 0 spiro atoms. The molecule has 1 aliphatic carbocycles. The van der Waals surface area contributed by atoms with Crippen LogP contribution in [-0.4, -0.2) is 36.0 Å². The standard InChI is InChI=1S/C18H31NO3/c1-11(2)15(10-16(20)22-5)18(21)19-14-8-6-7-13(9-14)17(19)12(3)4/h11-15,17H,6-10H2,1-5H3/t13?,14?,15-,17?/m0/s1. The zero-order valence-corrected chi connectivity index (χ0v) is 14.7. The van der Waals surface area contributed by atoms with Crippen molar-refractivity contribution >= 4 is 11.9 Å². The molecule has 2 fully saturated rings. The van der Waals surface area contributed by atoms with Gasteiger partial charge < -0.3 is 9.64 Å². The Kier molecular flexibility index (Phi) is 5.51.